The summed E-state index contributed by atoms with van der Waals surface area (Å²) in [7, 11) is 3.44. The summed E-state index contributed by atoms with van der Waals surface area (Å²) in [6, 6.07) is 7.55. The number of benzene rings is 1. The molecule has 138 valence electrons. The molecule has 3 rings (SSSR count). The van der Waals surface area contributed by atoms with Crippen molar-refractivity contribution in [3.63, 3.8) is 0 Å². The number of alkyl halides is 2. The molecule has 2 aromatic rings. The van der Waals surface area contributed by atoms with Crippen molar-refractivity contribution < 1.29 is 18.3 Å². The van der Waals surface area contributed by atoms with Gasteiger partial charge in [-0.1, -0.05) is 12.1 Å². The zero-order chi connectivity index (χ0) is 18.9. The Morgan fingerprint density at radius 1 is 1.31 bits per heavy atom. The minimum absolute atomic E-state index is 0.0813. The molecule has 0 saturated heterocycles. The van der Waals surface area contributed by atoms with Crippen LogP contribution in [0.3, 0.4) is 0 Å². The number of ketones is 1. The Bertz CT molecular complexity index is 859. The van der Waals surface area contributed by atoms with E-state index in [4.69, 9.17) is 0 Å². The Morgan fingerprint density at radius 3 is 2.50 bits per heavy atom. The third-order valence-corrected chi connectivity index (χ3v) is 4.48. The number of Topliss-reactive ketones (excluding diaryl/α,β-unsaturated/α-hetero) is 1. The zero-order valence-corrected chi connectivity index (χ0v) is 14.5. The fourth-order valence-corrected chi connectivity index (χ4v) is 2.91. The number of aromatic nitrogens is 2. The predicted molar refractivity (Wildman–Crippen MR) is 92.1 cm³/mol. The summed E-state index contributed by atoms with van der Waals surface area (Å²) < 4.78 is 28.8. The van der Waals surface area contributed by atoms with Crippen LogP contribution < -0.4 is 15.2 Å². The maximum Gasteiger partial charge on any atom is 0.387 e. The number of anilines is 1. The van der Waals surface area contributed by atoms with E-state index in [9.17, 15) is 18.4 Å². The highest BCUT2D eigenvalue weighted by atomic mass is 19.3. The Hall–Kier alpha value is -2.77. The van der Waals surface area contributed by atoms with Gasteiger partial charge in [0.1, 0.15) is 11.4 Å². The van der Waals surface area contributed by atoms with E-state index >= 15 is 0 Å². The fraction of sp³-hybridized carbons (Fsp3) is 0.389. The summed E-state index contributed by atoms with van der Waals surface area (Å²) in [6.45, 7) is -2.87. The molecule has 8 heteroatoms. The molecule has 0 radical (unpaired) electrons. The first-order valence-electron chi connectivity index (χ1n) is 8.16. The Morgan fingerprint density at radius 2 is 1.96 bits per heavy atom. The summed E-state index contributed by atoms with van der Waals surface area (Å²) in [6.07, 6.45) is 1.85. The lowest BCUT2D eigenvalue weighted by atomic mass is 9.89. The first-order valence-corrected chi connectivity index (χ1v) is 8.16. The van der Waals surface area contributed by atoms with E-state index in [2.05, 4.69) is 14.7 Å². The highest BCUT2D eigenvalue weighted by Gasteiger charge is 2.46. The Kier molecular flexibility index (Phi) is 4.76. The monoisotopic (exact) mass is 363 g/mol. The van der Waals surface area contributed by atoms with E-state index in [0.29, 0.717) is 5.95 Å². The molecule has 0 amide bonds. The molecule has 1 aromatic carbocycles. The second kappa shape index (κ2) is 6.86. The van der Waals surface area contributed by atoms with Gasteiger partial charge in [-0.3, -0.25) is 14.6 Å². The molecule has 0 bridgehead atoms. The highest BCUT2D eigenvalue weighted by Crippen LogP contribution is 2.51. The number of aromatic amines is 1. The minimum atomic E-state index is -2.87. The largest absolute Gasteiger partial charge is 0.435 e. The maximum absolute atomic E-state index is 12.7. The smallest absolute Gasteiger partial charge is 0.387 e. The van der Waals surface area contributed by atoms with Gasteiger partial charge in [0, 0.05) is 32.0 Å². The van der Waals surface area contributed by atoms with E-state index in [0.717, 1.165) is 18.4 Å². The fourth-order valence-electron chi connectivity index (χ4n) is 2.91. The Labute approximate surface area is 148 Å². The molecule has 0 unspecified atom stereocenters. The van der Waals surface area contributed by atoms with Crippen molar-refractivity contribution in [1.82, 2.24) is 9.97 Å². The Balaban J connectivity index is 1.78. The van der Waals surface area contributed by atoms with Crippen molar-refractivity contribution in [2.24, 2.45) is 0 Å². The van der Waals surface area contributed by atoms with Crippen molar-refractivity contribution in [2.45, 2.75) is 31.3 Å². The van der Waals surface area contributed by atoms with Crippen LogP contribution in [-0.4, -0.2) is 36.5 Å². The number of nitrogens with zero attached hydrogens (tertiary/aromatic N) is 2. The summed E-state index contributed by atoms with van der Waals surface area (Å²) in [4.78, 5) is 32.8. The topological polar surface area (TPSA) is 75.3 Å². The van der Waals surface area contributed by atoms with Gasteiger partial charge in [0.2, 0.25) is 5.95 Å². The second-order valence-corrected chi connectivity index (χ2v) is 6.63. The first-order chi connectivity index (χ1) is 12.3. The molecule has 1 aliphatic rings. The lowest BCUT2D eigenvalue weighted by Gasteiger charge is -2.16. The number of ether oxygens (including phenoxy) is 1. The number of hydrogen-bond acceptors (Lipinski definition) is 5. The standard InChI is InChI=1S/C18H19F2N3O3/c1-23(2)17-21-13(9-15(25)22-17)14(24)10-18(7-8-18)11-3-5-12(6-4-11)26-16(19)20/h3-6,9,16H,7-8,10H2,1-2H3,(H,21,22,25). The van der Waals surface area contributed by atoms with Crippen molar-refractivity contribution in [3.05, 3.63) is 51.9 Å². The number of nitrogens with one attached hydrogen (secondary N) is 1. The third-order valence-electron chi connectivity index (χ3n) is 4.48. The molecular formula is C18H19F2N3O3. The van der Waals surface area contributed by atoms with Crippen LogP contribution in [0.15, 0.2) is 35.1 Å². The van der Waals surface area contributed by atoms with Crippen LogP contribution in [0.5, 0.6) is 5.75 Å². The summed E-state index contributed by atoms with van der Waals surface area (Å²) >= 11 is 0. The number of halogens is 2. The molecule has 6 nitrogen and oxygen atoms in total. The quantitative estimate of drug-likeness (QED) is 0.766. The molecular weight excluding hydrogens is 344 g/mol. The van der Waals surface area contributed by atoms with Crippen LogP contribution in [-0.2, 0) is 5.41 Å². The van der Waals surface area contributed by atoms with E-state index in [1.54, 1.807) is 31.1 Å². The molecule has 1 aliphatic carbocycles. The molecule has 1 N–H and O–H groups in total. The number of H-pyrrole nitrogens is 1. The molecule has 1 saturated carbocycles. The van der Waals surface area contributed by atoms with E-state index < -0.39 is 6.61 Å². The van der Waals surface area contributed by atoms with Gasteiger partial charge >= 0.3 is 6.61 Å². The second-order valence-electron chi connectivity index (χ2n) is 6.63. The van der Waals surface area contributed by atoms with E-state index in [-0.39, 0.29) is 34.6 Å². The van der Waals surface area contributed by atoms with Gasteiger partial charge in [0.15, 0.2) is 5.78 Å². The highest BCUT2D eigenvalue weighted by molar-refractivity contribution is 5.95. The normalized spacial score (nSPS) is 15.0. The lowest BCUT2D eigenvalue weighted by molar-refractivity contribution is -0.0498. The minimum Gasteiger partial charge on any atom is -0.435 e. The molecule has 1 fully saturated rings. The van der Waals surface area contributed by atoms with Crippen LogP contribution in [0.4, 0.5) is 14.7 Å². The van der Waals surface area contributed by atoms with Crippen LogP contribution in [0.25, 0.3) is 0 Å². The number of hydrogen-bond donors (Lipinski definition) is 1. The zero-order valence-electron chi connectivity index (χ0n) is 14.5. The van der Waals surface area contributed by atoms with Gasteiger partial charge in [-0.05, 0) is 30.5 Å². The van der Waals surface area contributed by atoms with E-state index in [1.165, 1.54) is 18.2 Å². The predicted octanol–water partition coefficient (Wildman–Crippen LogP) is 2.74. The molecule has 1 heterocycles. The van der Waals surface area contributed by atoms with Gasteiger partial charge in [-0.25, -0.2) is 4.98 Å². The first kappa shape index (κ1) is 18.0. The van der Waals surface area contributed by atoms with Gasteiger partial charge < -0.3 is 9.64 Å². The third kappa shape index (κ3) is 3.89. The number of carbonyl (C=O) groups is 1. The molecule has 26 heavy (non-hydrogen) atoms. The lowest BCUT2D eigenvalue weighted by Crippen LogP contribution is -2.22. The van der Waals surface area contributed by atoms with Crippen molar-refractivity contribution in [3.8, 4) is 5.75 Å². The average Bonchev–Trinajstić information content (AvgIpc) is 3.35. The van der Waals surface area contributed by atoms with Gasteiger partial charge in [-0.15, -0.1) is 0 Å². The molecule has 1 aromatic heterocycles. The number of rotatable bonds is 7. The SMILES string of the molecule is CN(C)c1nc(C(=O)CC2(c3ccc(OC(F)F)cc3)CC2)cc(=O)[nH]1. The van der Waals surface area contributed by atoms with Gasteiger partial charge in [0.25, 0.3) is 5.56 Å². The van der Waals surface area contributed by atoms with Crippen molar-refractivity contribution >= 4 is 11.7 Å². The van der Waals surface area contributed by atoms with Gasteiger partial charge in [0.05, 0.1) is 0 Å². The molecule has 0 aliphatic heterocycles. The van der Waals surface area contributed by atoms with Crippen LogP contribution in [0, 0.1) is 0 Å². The summed E-state index contributed by atoms with van der Waals surface area (Å²) in [5, 5.41) is 0. The van der Waals surface area contributed by atoms with Crippen molar-refractivity contribution in [2.75, 3.05) is 19.0 Å². The van der Waals surface area contributed by atoms with E-state index in [1.807, 2.05) is 0 Å². The summed E-state index contributed by atoms with van der Waals surface area (Å²) in [5.74, 6) is 0.182. The molecule has 0 atom stereocenters. The summed E-state index contributed by atoms with van der Waals surface area (Å²) in [5.41, 5.74) is 0.306. The average molecular weight is 363 g/mol. The van der Waals surface area contributed by atoms with Crippen LogP contribution >= 0.6 is 0 Å². The van der Waals surface area contributed by atoms with Crippen molar-refractivity contribution in [1.29, 1.82) is 0 Å². The van der Waals surface area contributed by atoms with Gasteiger partial charge in [-0.2, -0.15) is 8.78 Å². The van der Waals surface area contributed by atoms with Crippen LogP contribution in [0.1, 0.15) is 35.3 Å². The van der Waals surface area contributed by atoms with Crippen LogP contribution in [0.2, 0.25) is 0 Å². The molecule has 0 spiro atoms. The number of carbonyl (C=O) groups excluding carboxylic acids is 1. The maximum atomic E-state index is 12.7.